The Kier molecular flexibility index (Phi) is 6.79. The lowest BCUT2D eigenvalue weighted by Gasteiger charge is -2.43. The Labute approximate surface area is 204 Å². The summed E-state index contributed by atoms with van der Waals surface area (Å²) in [5.41, 5.74) is 0.0135. The lowest BCUT2D eigenvalue weighted by atomic mass is 9.77. The van der Waals surface area contributed by atoms with Crippen LogP contribution in [0.4, 0.5) is 4.39 Å². The van der Waals surface area contributed by atoms with Crippen LogP contribution in [0.5, 0.6) is 17.2 Å². The summed E-state index contributed by atoms with van der Waals surface area (Å²) in [5, 5.41) is 0. The fourth-order valence-electron chi connectivity index (χ4n) is 5.25. The van der Waals surface area contributed by atoms with Gasteiger partial charge in [-0.3, -0.25) is 9.59 Å². The Morgan fingerprint density at radius 1 is 0.914 bits per heavy atom. The first-order chi connectivity index (χ1) is 17.0. The van der Waals surface area contributed by atoms with Gasteiger partial charge in [-0.15, -0.1) is 0 Å². The van der Waals surface area contributed by atoms with Crippen LogP contribution in [0.15, 0.2) is 42.5 Å². The SMILES string of the molecule is O=C(CC1(COc2ccc(F)cc2)CCCN(C(=O)c2ccc3c(c2)OCO3)C1)N1CCCCC1. The summed E-state index contributed by atoms with van der Waals surface area (Å²) >= 11 is 0. The molecule has 186 valence electrons. The zero-order chi connectivity index (χ0) is 24.3. The van der Waals surface area contributed by atoms with E-state index in [1.807, 2.05) is 9.80 Å². The first-order valence-corrected chi connectivity index (χ1v) is 12.4. The Balaban J connectivity index is 1.34. The molecule has 0 spiro atoms. The fraction of sp³-hybridized carbons (Fsp3) is 0.481. The molecule has 2 saturated heterocycles. The van der Waals surface area contributed by atoms with E-state index >= 15 is 0 Å². The van der Waals surface area contributed by atoms with Crippen LogP contribution in [0.2, 0.25) is 0 Å². The van der Waals surface area contributed by atoms with E-state index in [0.29, 0.717) is 42.3 Å². The summed E-state index contributed by atoms with van der Waals surface area (Å²) < 4.78 is 30.2. The third-order valence-electron chi connectivity index (χ3n) is 7.16. The number of benzene rings is 2. The van der Waals surface area contributed by atoms with Gasteiger partial charge in [0.1, 0.15) is 11.6 Å². The highest BCUT2D eigenvalue weighted by atomic mass is 19.1. The fourth-order valence-corrected chi connectivity index (χ4v) is 5.25. The van der Waals surface area contributed by atoms with Crippen LogP contribution in [0.3, 0.4) is 0 Å². The molecule has 0 saturated carbocycles. The predicted octanol–water partition coefficient (Wildman–Crippen LogP) is 4.26. The topological polar surface area (TPSA) is 68.3 Å². The number of nitrogens with zero attached hydrogens (tertiary/aromatic N) is 2. The van der Waals surface area contributed by atoms with Gasteiger partial charge in [-0.1, -0.05) is 0 Å². The van der Waals surface area contributed by atoms with Crippen LogP contribution in [0, 0.1) is 11.2 Å². The van der Waals surface area contributed by atoms with Gasteiger partial charge in [-0.2, -0.15) is 0 Å². The van der Waals surface area contributed by atoms with E-state index in [-0.39, 0.29) is 31.0 Å². The molecule has 2 amide bonds. The molecule has 0 aliphatic carbocycles. The van der Waals surface area contributed by atoms with Crippen LogP contribution in [-0.4, -0.2) is 61.2 Å². The quantitative estimate of drug-likeness (QED) is 0.616. The van der Waals surface area contributed by atoms with Gasteiger partial charge in [0.2, 0.25) is 12.7 Å². The standard InChI is InChI=1S/C27H31FN2O5/c28-21-6-8-22(9-7-21)33-18-27(16-25(31)29-12-2-1-3-13-29)11-4-14-30(17-27)26(32)20-5-10-23-24(15-20)35-19-34-23/h5-10,15H,1-4,11-14,16-19H2. The summed E-state index contributed by atoms with van der Waals surface area (Å²) in [6, 6.07) is 11.1. The van der Waals surface area contributed by atoms with Crippen molar-refractivity contribution in [3.8, 4) is 17.2 Å². The first-order valence-electron chi connectivity index (χ1n) is 12.4. The van der Waals surface area contributed by atoms with Crippen molar-refractivity contribution in [2.75, 3.05) is 39.6 Å². The van der Waals surface area contributed by atoms with E-state index in [4.69, 9.17) is 14.2 Å². The molecule has 0 aromatic heterocycles. The number of hydrogen-bond acceptors (Lipinski definition) is 5. The van der Waals surface area contributed by atoms with Gasteiger partial charge >= 0.3 is 0 Å². The zero-order valence-corrected chi connectivity index (χ0v) is 19.8. The lowest BCUT2D eigenvalue weighted by Crippen LogP contribution is -2.51. The van der Waals surface area contributed by atoms with Gasteiger partial charge in [0.25, 0.3) is 5.91 Å². The molecule has 2 aromatic carbocycles. The van der Waals surface area contributed by atoms with Crippen molar-refractivity contribution < 1.29 is 28.2 Å². The first kappa shape index (κ1) is 23.5. The average molecular weight is 483 g/mol. The zero-order valence-electron chi connectivity index (χ0n) is 19.8. The molecule has 0 radical (unpaired) electrons. The minimum absolute atomic E-state index is 0.0976. The number of amides is 2. The van der Waals surface area contributed by atoms with Crippen LogP contribution in [0.1, 0.15) is 48.9 Å². The molecule has 3 aliphatic heterocycles. The molecule has 3 aliphatic rings. The molecule has 0 N–H and O–H groups in total. The highest BCUT2D eigenvalue weighted by Gasteiger charge is 2.41. The molecule has 5 rings (SSSR count). The minimum Gasteiger partial charge on any atom is -0.493 e. The van der Waals surface area contributed by atoms with Crippen molar-refractivity contribution in [3.05, 3.63) is 53.8 Å². The summed E-state index contributed by atoms with van der Waals surface area (Å²) in [4.78, 5) is 30.5. The summed E-state index contributed by atoms with van der Waals surface area (Å²) in [6.45, 7) is 3.04. The van der Waals surface area contributed by atoms with Crippen LogP contribution >= 0.6 is 0 Å². The molecule has 3 heterocycles. The number of halogens is 1. The summed E-state index contributed by atoms with van der Waals surface area (Å²) in [6.07, 6.45) is 5.08. The monoisotopic (exact) mass is 482 g/mol. The number of piperidine rings is 2. The number of rotatable bonds is 6. The van der Waals surface area contributed by atoms with Gasteiger partial charge in [-0.05, 0) is 74.6 Å². The van der Waals surface area contributed by atoms with E-state index in [1.54, 1.807) is 30.3 Å². The maximum absolute atomic E-state index is 13.4. The van der Waals surface area contributed by atoms with Gasteiger partial charge < -0.3 is 24.0 Å². The molecular weight excluding hydrogens is 451 g/mol. The molecule has 1 atom stereocenters. The largest absolute Gasteiger partial charge is 0.493 e. The molecule has 2 aromatic rings. The predicted molar refractivity (Wildman–Crippen MR) is 127 cm³/mol. The number of hydrogen-bond donors (Lipinski definition) is 0. The minimum atomic E-state index is -0.521. The van der Waals surface area contributed by atoms with Crippen LogP contribution < -0.4 is 14.2 Å². The van der Waals surface area contributed by atoms with Crippen LogP contribution in [-0.2, 0) is 4.79 Å². The summed E-state index contributed by atoms with van der Waals surface area (Å²) in [5.74, 6) is 1.44. The van der Waals surface area contributed by atoms with Crippen molar-refractivity contribution in [2.24, 2.45) is 5.41 Å². The Bertz CT molecular complexity index is 1070. The number of ether oxygens (including phenoxy) is 3. The number of likely N-dealkylation sites (tertiary alicyclic amines) is 2. The maximum atomic E-state index is 13.4. The number of carbonyl (C=O) groups excluding carboxylic acids is 2. The molecule has 7 nitrogen and oxygen atoms in total. The third kappa shape index (κ3) is 5.36. The number of fused-ring (bicyclic) bond motifs is 1. The van der Waals surface area contributed by atoms with Crippen molar-refractivity contribution in [1.82, 2.24) is 9.80 Å². The van der Waals surface area contributed by atoms with Crippen LogP contribution in [0.25, 0.3) is 0 Å². The maximum Gasteiger partial charge on any atom is 0.254 e. The lowest BCUT2D eigenvalue weighted by molar-refractivity contribution is -0.136. The normalized spacial score (nSPS) is 21.6. The van der Waals surface area contributed by atoms with Crippen molar-refractivity contribution in [3.63, 3.8) is 0 Å². The van der Waals surface area contributed by atoms with Crippen molar-refractivity contribution in [2.45, 2.75) is 38.5 Å². The molecule has 35 heavy (non-hydrogen) atoms. The van der Waals surface area contributed by atoms with Gasteiger partial charge in [0, 0.05) is 43.6 Å². The Morgan fingerprint density at radius 2 is 1.66 bits per heavy atom. The van der Waals surface area contributed by atoms with Gasteiger partial charge in [-0.25, -0.2) is 4.39 Å². The second-order valence-corrected chi connectivity index (χ2v) is 9.76. The highest BCUT2D eigenvalue weighted by molar-refractivity contribution is 5.95. The van der Waals surface area contributed by atoms with Gasteiger partial charge in [0.15, 0.2) is 11.5 Å². The molecular formula is C27H31FN2O5. The van der Waals surface area contributed by atoms with E-state index in [9.17, 15) is 14.0 Å². The van der Waals surface area contributed by atoms with Crippen molar-refractivity contribution in [1.29, 1.82) is 0 Å². The third-order valence-corrected chi connectivity index (χ3v) is 7.16. The molecule has 2 fully saturated rings. The number of carbonyl (C=O) groups is 2. The molecule has 8 heteroatoms. The second kappa shape index (κ2) is 10.1. The highest BCUT2D eigenvalue weighted by Crippen LogP contribution is 2.37. The molecule has 0 bridgehead atoms. The molecule has 1 unspecified atom stereocenters. The smallest absolute Gasteiger partial charge is 0.254 e. The Morgan fingerprint density at radius 3 is 2.46 bits per heavy atom. The average Bonchev–Trinajstić information content (AvgIpc) is 3.37. The van der Waals surface area contributed by atoms with E-state index in [0.717, 1.165) is 45.2 Å². The summed E-state index contributed by atoms with van der Waals surface area (Å²) in [7, 11) is 0. The Hall–Kier alpha value is -3.29. The van der Waals surface area contributed by atoms with E-state index in [2.05, 4.69) is 0 Å². The van der Waals surface area contributed by atoms with Gasteiger partial charge in [0.05, 0.1) is 6.61 Å². The van der Waals surface area contributed by atoms with Crippen molar-refractivity contribution >= 4 is 11.8 Å². The van der Waals surface area contributed by atoms with E-state index < -0.39 is 5.41 Å². The second-order valence-electron chi connectivity index (χ2n) is 9.76. The van der Waals surface area contributed by atoms with E-state index in [1.165, 1.54) is 12.1 Å².